The van der Waals surface area contributed by atoms with Crippen molar-refractivity contribution in [1.82, 2.24) is 0 Å². The molecular formula is C36H56O9. The zero-order chi connectivity index (χ0) is 33.1. The minimum Gasteiger partial charge on any atom is -0.480 e. The molecule has 13 unspecified atom stereocenters. The number of aliphatic hydroxyl groups excluding tert-OH is 4. The van der Waals surface area contributed by atoms with Gasteiger partial charge in [0.25, 0.3) is 0 Å². The Morgan fingerprint density at radius 2 is 1.82 bits per heavy atom. The summed E-state index contributed by atoms with van der Waals surface area (Å²) in [6.07, 6.45) is 1.96. The van der Waals surface area contributed by atoms with E-state index < -0.39 is 66.3 Å². The lowest BCUT2D eigenvalue weighted by atomic mass is 9.45. The van der Waals surface area contributed by atoms with Gasteiger partial charge in [0, 0.05) is 7.11 Å². The third kappa shape index (κ3) is 5.29. The van der Waals surface area contributed by atoms with E-state index in [1.807, 2.05) is 0 Å². The molecule has 0 amide bonds. The van der Waals surface area contributed by atoms with Crippen LogP contribution in [0.1, 0.15) is 92.4 Å². The molecule has 0 spiro atoms. The second-order valence-electron chi connectivity index (χ2n) is 15.3. The lowest BCUT2D eigenvalue weighted by Gasteiger charge is -2.59. The van der Waals surface area contributed by atoms with Crippen LogP contribution in [0.15, 0.2) is 34.9 Å². The fourth-order valence-electron chi connectivity index (χ4n) is 10.6. The number of carboxylic acid groups (broad SMARTS) is 1. The summed E-state index contributed by atoms with van der Waals surface area (Å²) in [4.78, 5) is 13.5. The molecule has 1 saturated heterocycles. The van der Waals surface area contributed by atoms with Crippen molar-refractivity contribution in [1.29, 1.82) is 0 Å². The van der Waals surface area contributed by atoms with Crippen LogP contribution in [0.3, 0.4) is 0 Å². The van der Waals surface area contributed by atoms with E-state index in [0.29, 0.717) is 31.6 Å². The van der Waals surface area contributed by atoms with Crippen LogP contribution in [0.4, 0.5) is 0 Å². The Labute approximate surface area is 268 Å². The first kappa shape index (κ1) is 34.7. The Morgan fingerprint density at radius 1 is 1.11 bits per heavy atom. The summed E-state index contributed by atoms with van der Waals surface area (Å²) in [5.74, 6) is -0.445. The van der Waals surface area contributed by atoms with Crippen molar-refractivity contribution in [3.05, 3.63) is 34.9 Å². The van der Waals surface area contributed by atoms with Gasteiger partial charge in [-0.25, -0.2) is 0 Å². The second kappa shape index (κ2) is 12.8. The standard InChI is InChI=1S/C36H56O9/c1-19(2)9-8-10-20(3)25-17-28(38)36(33(41)42)24-12-11-22-21(4)26(14-15-34(22,5)23(24)13-16-35(25,36)6)44-32-30(40)29(39)31(43-7)27(18-37)45-32/h9,20,22,25-32,37-40H,4,8,10-18H2,1-3,5-7H3,(H,41,42). The minimum absolute atomic E-state index is 0.0357. The van der Waals surface area contributed by atoms with Gasteiger partial charge in [0.2, 0.25) is 0 Å². The number of hydrogen-bond acceptors (Lipinski definition) is 8. The summed E-state index contributed by atoms with van der Waals surface area (Å²) in [6.45, 7) is 14.9. The van der Waals surface area contributed by atoms with Crippen molar-refractivity contribution in [3.8, 4) is 0 Å². The van der Waals surface area contributed by atoms with Gasteiger partial charge in [-0.15, -0.1) is 0 Å². The number of ether oxygens (including phenoxy) is 3. The maximum absolute atomic E-state index is 13.5. The molecule has 3 fully saturated rings. The van der Waals surface area contributed by atoms with E-state index in [4.69, 9.17) is 14.2 Å². The van der Waals surface area contributed by atoms with E-state index in [2.05, 4.69) is 47.3 Å². The number of carboxylic acids is 1. The summed E-state index contributed by atoms with van der Waals surface area (Å²) in [5, 5.41) is 54.1. The normalized spacial score (nSPS) is 45.4. The highest BCUT2D eigenvalue weighted by molar-refractivity contribution is 5.83. The van der Waals surface area contributed by atoms with Crippen molar-refractivity contribution in [2.75, 3.05) is 13.7 Å². The predicted molar refractivity (Wildman–Crippen MR) is 169 cm³/mol. The van der Waals surface area contributed by atoms with Crippen LogP contribution in [0.5, 0.6) is 0 Å². The second-order valence-corrected chi connectivity index (χ2v) is 15.3. The molecule has 5 rings (SSSR count). The summed E-state index contributed by atoms with van der Waals surface area (Å²) >= 11 is 0. The molecule has 5 aliphatic rings. The minimum atomic E-state index is -1.35. The van der Waals surface area contributed by atoms with Gasteiger partial charge >= 0.3 is 5.97 Å². The molecule has 5 N–H and O–H groups in total. The number of aliphatic hydroxyl groups is 4. The van der Waals surface area contributed by atoms with Gasteiger partial charge in [-0.05, 0) is 106 Å². The monoisotopic (exact) mass is 632 g/mol. The first-order chi connectivity index (χ1) is 21.2. The van der Waals surface area contributed by atoms with Crippen LogP contribution < -0.4 is 0 Å². The Hall–Kier alpha value is -1.59. The molecule has 1 aliphatic heterocycles. The first-order valence-corrected chi connectivity index (χ1v) is 17.0. The summed E-state index contributed by atoms with van der Waals surface area (Å²) in [6, 6.07) is 0. The van der Waals surface area contributed by atoms with E-state index in [-0.39, 0.29) is 17.3 Å². The maximum atomic E-state index is 13.5. The van der Waals surface area contributed by atoms with Gasteiger partial charge in [0.1, 0.15) is 29.8 Å². The van der Waals surface area contributed by atoms with Gasteiger partial charge < -0.3 is 39.7 Å². The first-order valence-electron chi connectivity index (χ1n) is 17.0. The third-order valence-corrected chi connectivity index (χ3v) is 12.9. The summed E-state index contributed by atoms with van der Waals surface area (Å²) in [5.41, 5.74) is 2.14. The molecule has 1 heterocycles. The predicted octanol–water partition coefficient (Wildman–Crippen LogP) is 4.52. The number of allylic oxidation sites excluding steroid dienone is 3. The number of methoxy groups -OCH3 is 1. The quantitative estimate of drug-likeness (QED) is 0.232. The highest BCUT2D eigenvalue weighted by Gasteiger charge is 2.71. The number of carbonyl (C=O) groups is 1. The molecule has 9 nitrogen and oxygen atoms in total. The van der Waals surface area contributed by atoms with Crippen LogP contribution in [-0.2, 0) is 19.0 Å². The van der Waals surface area contributed by atoms with Crippen molar-refractivity contribution in [2.45, 2.75) is 135 Å². The molecule has 13 atom stereocenters. The summed E-state index contributed by atoms with van der Waals surface area (Å²) < 4.78 is 17.4. The molecule has 9 heteroatoms. The maximum Gasteiger partial charge on any atom is 0.317 e. The van der Waals surface area contributed by atoms with Gasteiger partial charge in [0.05, 0.1) is 18.8 Å². The molecule has 254 valence electrons. The van der Waals surface area contributed by atoms with Gasteiger partial charge in [-0.3, -0.25) is 4.79 Å². The Kier molecular flexibility index (Phi) is 9.87. The Morgan fingerprint density at radius 3 is 2.44 bits per heavy atom. The van der Waals surface area contributed by atoms with Crippen molar-refractivity contribution < 1.29 is 44.5 Å². The van der Waals surface area contributed by atoms with Crippen LogP contribution in [0.25, 0.3) is 0 Å². The van der Waals surface area contributed by atoms with Crippen LogP contribution in [0, 0.1) is 34.0 Å². The molecule has 0 aromatic rings. The summed E-state index contributed by atoms with van der Waals surface area (Å²) in [7, 11) is 1.39. The molecule has 2 saturated carbocycles. The average molecular weight is 633 g/mol. The molecule has 4 aliphatic carbocycles. The van der Waals surface area contributed by atoms with E-state index in [0.717, 1.165) is 43.3 Å². The van der Waals surface area contributed by atoms with E-state index >= 15 is 0 Å². The van der Waals surface area contributed by atoms with E-state index in [9.17, 15) is 30.3 Å². The van der Waals surface area contributed by atoms with Crippen LogP contribution >= 0.6 is 0 Å². The molecule has 0 bridgehead atoms. The highest BCUT2D eigenvalue weighted by atomic mass is 16.7. The molecule has 0 aromatic carbocycles. The fraction of sp³-hybridized carbons (Fsp3) is 0.806. The molecule has 45 heavy (non-hydrogen) atoms. The SMILES string of the molecule is C=C1C(OC2OC(CO)C(OC)C(O)C2O)CCC2(C)C3=C(CCC12)C1(C(=O)O)C(O)CC(C(C)CCC=C(C)C)C1(C)CC3. The van der Waals surface area contributed by atoms with Crippen molar-refractivity contribution in [3.63, 3.8) is 0 Å². The van der Waals surface area contributed by atoms with Crippen LogP contribution in [-0.4, -0.2) is 88.1 Å². The molecule has 0 radical (unpaired) electrons. The van der Waals surface area contributed by atoms with E-state index in [1.54, 1.807) is 0 Å². The van der Waals surface area contributed by atoms with Gasteiger partial charge in [-0.1, -0.05) is 50.1 Å². The van der Waals surface area contributed by atoms with Gasteiger partial charge in [-0.2, -0.15) is 0 Å². The van der Waals surface area contributed by atoms with E-state index in [1.165, 1.54) is 18.3 Å². The Balaban J connectivity index is 1.41. The number of rotatable bonds is 9. The smallest absolute Gasteiger partial charge is 0.317 e. The van der Waals surface area contributed by atoms with Crippen LogP contribution in [0.2, 0.25) is 0 Å². The topological polar surface area (TPSA) is 146 Å². The zero-order valence-corrected chi connectivity index (χ0v) is 28.0. The zero-order valence-electron chi connectivity index (χ0n) is 28.0. The fourth-order valence-corrected chi connectivity index (χ4v) is 10.6. The lowest BCUT2D eigenvalue weighted by molar-refractivity contribution is -0.313. The molecular weight excluding hydrogens is 576 g/mol. The number of aliphatic carboxylic acids is 1. The average Bonchev–Trinajstić information content (AvgIpc) is 3.24. The van der Waals surface area contributed by atoms with Crippen molar-refractivity contribution >= 4 is 5.97 Å². The largest absolute Gasteiger partial charge is 0.480 e. The number of hydrogen-bond donors (Lipinski definition) is 5. The third-order valence-electron chi connectivity index (χ3n) is 12.9. The van der Waals surface area contributed by atoms with Crippen molar-refractivity contribution in [2.24, 2.45) is 34.0 Å². The highest BCUT2D eigenvalue weighted by Crippen LogP contribution is 2.72. The lowest BCUT2D eigenvalue weighted by Crippen LogP contribution is -2.61. The number of fused-ring (bicyclic) bond motifs is 4. The molecule has 0 aromatic heterocycles. The Bertz CT molecular complexity index is 1200. The van der Waals surface area contributed by atoms with Gasteiger partial charge in [0.15, 0.2) is 6.29 Å².